The maximum atomic E-state index is 2.31. The van der Waals surface area contributed by atoms with E-state index < -0.39 is 0 Å². The molecule has 1 atom stereocenters. The van der Waals surface area contributed by atoms with Crippen LogP contribution in [0.25, 0.3) is 0 Å². The van der Waals surface area contributed by atoms with E-state index in [1.54, 1.807) is 0 Å². The highest BCUT2D eigenvalue weighted by Gasteiger charge is 2.06. The first-order valence-electron chi connectivity index (χ1n) is 4.11. The van der Waals surface area contributed by atoms with Crippen molar-refractivity contribution in [2.75, 3.05) is 6.54 Å². The number of halogens is 1. The van der Waals surface area contributed by atoms with Crippen LogP contribution in [-0.4, -0.2) is 6.54 Å². The number of nitrogens with one attached hydrogen (secondary N) is 1. The summed E-state index contributed by atoms with van der Waals surface area (Å²) in [6, 6.07) is 0. The van der Waals surface area contributed by atoms with Gasteiger partial charge >= 0.3 is 0 Å². The van der Waals surface area contributed by atoms with Gasteiger partial charge in [-0.15, -0.1) is 0 Å². The van der Waals surface area contributed by atoms with Gasteiger partial charge in [-0.2, -0.15) is 0 Å². The second-order valence-corrected chi connectivity index (χ2v) is 2.73. The maximum absolute atomic E-state index is 2.31. The summed E-state index contributed by atoms with van der Waals surface area (Å²) >= 11 is 0. The van der Waals surface area contributed by atoms with Gasteiger partial charge in [0.25, 0.3) is 0 Å². The Morgan fingerprint density at radius 1 is 1.36 bits per heavy atom. The summed E-state index contributed by atoms with van der Waals surface area (Å²) in [5, 5.41) is 0. The Balaban J connectivity index is 0.000001000. The first-order valence-corrected chi connectivity index (χ1v) is 4.11. The summed E-state index contributed by atoms with van der Waals surface area (Å²) in [6.07, 6.45) is 9.27. The lowest BCUT2D eigenvalue weighted by Crippen LogP contribution is -3.01. The molecule has 0 aromatic heterocycles. The van der Waals surface area contributed by atoms with Gasteiger partial charge in [0.15, 0.2) is 0 Å². The number of rotatable bonds is 3. The van der Waals surface area contributed by atoms with E-state index in [1.807, 2.05) is 0 Å². The highest BCUT2D eigenvalue weighted by molar-refractivity contribution is 5.17. The second kappa shape index (κ2) is 5.39. The van der Waals surface area contributed by atoms with Crippen molar-refractivity contribution in [3.05, 3.63) is 24.0 Å². The van der Waals surface area contributed by atoms with Crippen LogP contribution < -0.4 is 17.3 Å². The Morgan fingerprint density at radius 2 is 2.09 bits per heavy atom. The molecule has 0 amide bonds. The number of quaternary nitrogens is 1. The standard InChI is InChI=1S/C9H15N.ClH/c1-3-5-9-6-7-10(4-2)8-9;/h6-8H,3-5H2,1-2H3;1H. The largest absolute Gasteiger partial charge is 1.00 e. The molecule has 0 saturated heterocycles. The number of hydrogen-bond acceptors (Lipinski definition) is 0. The van der Waals surface area contributed by atoms with Crippen LogP contribution in [0.1, 0.15) is 26.7 Å². The monoisotopic (exact) mass is 173 g/mol. The first kappa shape index (κ1) is 10.7. The van der Waals surface area contributed by atoms with Gasteiger partial charge in [-0.25, -0.2) is 0 Å². The lowest BCUT2D eigenvalue weighted by Gasteiger charge is -1.99. The van der Waals surface area contributed by atoms with Crippen LogP contribution in [-0.2, 0) is 0 Å². The third-order valence-corrected chi connectivity index (χ3v) is 1.83. The molecule has 1 aliphatic heterocycles. The minimum Gasteiger partial charge on any atom is -1.00 e. The van der Waals surface area contributed by atoms with Crippen molar-refractivity contribution < 1.29 is 17.3 Å². The van der Waals surface area contributed by atoms with Crippen LogP contribution >= 0.6 is 0 Å². The molecule has 0 aromatic rings. The lowest BCUT2D eigenvalue weighted by molar-refractivity contribution is -0.785. The van der Waals surface area contributed by atoms with E-state index in [4.69, 9.17) is 0 Å². The molecule has 1 nitrogen and oxygen atoms in total. The van der Waals surface area contributed by atoms with E-state index in [0.29, 0.717) is 0 Å². The highest BCUT2D eigenvalue weighted by atomic mass is 35.5. The molecule has 1 N–H and O–H groups in total. The molecule has 0 fully saturated rings. The molecule has 0 saturated carbocycles. The topological polar surface area (TPSA) is 4.44 Å². The predicted molar refractivity (Wildman–Crippen MR) is 43.6 cm³/mol. The van der Waals surface area contributed by atoms with Gasteiger partial charge < -0.3 is 12.4 Å². The van der Waals surface area contributed by atoms with E-state index in [0.717, 1.165) is 0 Å². The van der Waals surface area contributed by atoms with Crippen molar-refractivity contribution in [2.45, 2.75) is 26.7 Å². The molecule has 0 radical (unpaired) electrons. The summed E-state index contributed by atoms with van der Waals surface area (Å²) in [5.41, 5.74) is 1.50. The van der Waals surface area contributed by atoms with E-state index in [1.165, 1.54) is 29.9 Å². The van der Waals surface area contributed by atoms with Crippen molar-refractivity contribution in [1.29, 1.82) is 0 Å². The Labute approximate surface area is 75.2 Å². The smallest absolute Gasteiger partial charge is 0.102 e. The van der Waals surface area contributed by atoms with Crippen LogP contribution in [0.3, 0.4) is 0 Å². The zero-order valence-corrected chi connectivity index (χ0v) is 7.99. The summed E-state index contributed by atoms with van der Waals surface area (Å²) in [5.74, 6) is 0. The lowest BCUT2D eigenvalue weighted by atomic mass is 10.2. The third kappa shape index (κ3) is 3.08. The zero-order valence-electron chi connectivity index (χ0n) is 7.23. The van der Waals surface area contributed by atoms with E-state index in [2.05, 4.69) is 32.3 Å². The normalized spacial score (nSPS) is 21.3. The van der Waals surface area contributed by atoms with Crippen molar-refractivity contribution in [3.8, 4) is 0 Å². The molecule has 2 heteroatoms. The van der Waals surface area contributed by atoms with Crippen LogP contribution in [0.5, 0.6) is 0 Å². The van der Waals surface area contributed by atoms with E-state index >= 15 is 0 Å². The molecule has 0 bridgehead atoms. The third-order valence-electron chi connectivity index (χ3n) is 1.83. The van der Waals surface area contributed by atoms with Crippen LogP contribution in [0.4, 0.5) is 0 Å². The quantitative estimate of drug-likeness (QED) is 0.509. The fraction of sp³-hybridized carbons (Fsp3) is 0.556. The second-order valence-electron chi connectivity index (χ2n) is 2.73. The maximum Gasteiger partial charge on any atom is 0.102 e. The molecule has 1 heterocycles. The summed E-state index contributed by atoms with van der Waals surface area (Å²) in [4.78, 5) is 1.48. The van der Waals surface area contributed by atoms with Gasteiger partial charge in [0.05, 0.1) is 12.7 Å². The Morgan fingerprint density at radius 3 is 2.55 bits per heavy atom. The van der Waals surface area contributed by atoms with Crippen molar-refractivity contribution in [2.24, 2.45) is 0 Å². The van der Waals surface area contributed by atoms with E-state index in [-0.39, 0.29) is 12.4 Å². The fourth-order valence-electron chi connectivity index (χ4n) is 1.21. The van der Waals surface area contributed by atoms with Gasteiger partial charge in [-0.05, 0) is 13.3 Å². The van der Waals surface area contributed by atoms with Gasteiger partial charge in [0, 0.05) is 11.6 Å². The van der Waals surface area contributed by atoms with Gasteiger partial charge in [-0.1, -0.05) is 13.3 Å². The van der Waals surface area contributed by atoms with Crippen LogP contribution in [0.15, 0.2) is 24.0 Å². The van der Waals surface area contributed by atoms with Gasteiger partial charge in [0.1, 0.15) is 6.20 Å². The van der Waals surface area contributed by atoms with E-state index in [9.17, 15) is 0 Å². The summed E-state index contributed by atoms with van der Waals surface area (Å²) < 4.78 is 0. The number of hydrogen-bond donors (Lipinski definition) is 1. The van der Waals surface area contributed by atoms with Crippen molar-refractivity contribution in [3.63, 3.8) is 0 Å². The first-order chi connectivity index (χ1) is 4.86. The Bertz CT molecular complexity index is 161. The molecular weight excluding hydrogens is 158 g/mol. The van der Waals surface area contributed by atoms with Crippen LogP contribution in [0.2, 0.25) is 0 Å². The molecule has 11 heavy (non-hydrogen) atoms. The number of allylic oxidation sites excluding steroid dienone is 2. The molecule has 1 unspecified atom stereocenters. The minimum absolute atomic E-state index is 0. The molecular formula is C9H16ClN. The predicted octanol–water partition coefficient (Wildman–Crippen LogP) is -1.89. The Hall–Kier alpha value is -0.270. The molecule has 64 valence electrons. The summed E-state index contributed by atoms with van der Waals surface area (Å²) in [6.45, 7) is 5.59. The van der Waals surface area contributed by atoms with Crippen molar-refractivity contribution in [1.82, 2.24) is 0 Å². The average molecular weight is 174 g/mol. The molecule has 1 aliphatic rings. The summed E-state index contributed by atoms with van der Waals surface area (Å²) in [7, 11) is 0. The molecule has 1 rings (SSSR count). The van der Waals surface area contributed by atoms with Crippen molar-refractivity contribution >= 4 is 0 Å². The van der Waals surface area contributed by atoms with Crippen LogP contribution in [0, 0.1) is 0 Å². The van der Waals surface area contributed by atoms with Gasteiger partial charge in [-0.3, -0.25) is 4.90 Å². The SMILES string of the molecule is CCCC1=C[NH+](CC)C=C1.[Cl-]. The molecule has 0 aromatic carbocycles. The zero-order chi connectivity index (χ0) is 7.40. The highest BCUT2D eigenvalue weighted by Crippen LogP contribution is 2.05. The molecule has 0 spiro atoms. The Kier molecular flexibility index (Phi) is 5.26. The van der Waals surface area contributed by atoms with Gasteiger partial charge in [0.2, 0.25) is 0 Å². The average Bonchev–Trinajstić information content (AvgIpc) is 2.37. The molecule has 0 aliphatic carbocycles. The minimum atomic E-state index is 0. The fourth-order valence-corrected chi connectivity index (χ4v) is 1.21.